The third-order valence-electron chi connectivity index (χ3n) is 2.06. The summed E-state index contributed by atoms with van der Waals surface area (Å²) < 4.78 is 27.6. The van der Waals surface area contributed by atoms with Crippen LogP contribution in [0.1, 0.15) is 5.69 Å². The SMILES string of the molecule is Cc1ncccc1NS(=O)(=O)c1cc(Br)cs1. The van der Waals surface area contributed by atoms with Gasteiger partial charge in [0.15, 0.2) is 0 Å². The van der Waals surface area contributed by atoms with E-state index < -0.39 is 10.0 Å². The highest BCUT2D eigenvalue weighted by Gasteiger charge is 2.17. The molecule has 0 aromatic carbocycles. The number of halogens is 1. The standard InChI is InChI=1S/C10H9BrN2O2S2/c1-7-9(3-2-4-12-7)13-17(14,15)10-5-8(11)6-16-10/h2-6,13H,1H3. The lowest BCUT2D eigenvalue weighted by atomic mass is 10.3. The maximum Gasteiger partial charge on any atom is 0.271 e. The molecule has 0 atom stereocenters. The first-order chi connectivity index (χ1) is 7.99. The minimum absolute atomic E-state index is 0.271. The Labute approximate surface area is 112 Å². The van der Waals surface area contributed by atoms with Crippen LogP contribution in [0.3, 0.4) is 0 Å². The highest BCUT2D eigenvalue weighted by Crippen LogP contribution is 2.26. The van der Waals surface area contributed by atoms with E-state index in [4.69, 9.17) is 0 Å². The molecule has 1 N–H and O–H groups in total. The molecule has 17 heavy (non-hydrogen) atoms. The molecule has 0 unspecified atom stereocenters. The summed E-state index contributed by atoms with van der Waals surface area (Å²) >= 11 is 4.39. The Balaban J connectivity index is 2.33. The molecule has 0 amide bonds. The summed E-state index contributed by atoms with van der Waals surface area (Å²) in [5, 5.41) is 1.73. The number of nitrogens with one attached hydrogen (secondary N) is 1. The Hall–Kier alpha value is -0.920. The van der Waals surface area contributed by atoms with E-state index >= 15 is 0 Å². The number of pyridine rings is 1. The van der Waals surface area contributed by atoms with Gasteiger partial charge in [0.1, 0.15) is 4.21 Å². The van der Waals surface area contributed by atoms with Crippen LogP contribution in [0.2, 0.25) is 0 Å². The van der Waals surface area contributed by atoms with Gasteiger partial charge in [0.2, 0.25) is 0 Å². The number of hydrogen-bond donors (Lipinski definition) is 1. The van der Waals surface area contributed by atoms with E-state index in [0.717, 1.165) is 15.8 Å². The summed E-state index contributed by atoms with van der Waals surface area (Å²) in [6.07, 6.45) is 1.62. The summed E-state index contributed by atoms with van der Waals surface area (Å²) in [7, 11) is -3.52. The van der Waals surface area contributed by atoms with Crippen LogP contribution in [-0.4, -0.2) is 13.4 Å². The van der Waals surface area contributed by atoms with Gasteiger partial charge in [-0.2, -0.15) is 0 Å². The highest BCUT2D eigenvalue weighted by molar-refractivity contribution is 9.10. The summed E-state index contributed by atoms with van der Waals surface area (Å²) in [5.41, 5.74) is 1.14. The first-order valence-electron chi connectivity index (χ1n) is 4.67. The van der Waals surface area contributed by atoms with Crippen LogP contribution in [0.5, 0.6) is 0 Å². The largest absolute Gasteiger partial charge is 0.277 e. The number of rotatable bonds is 3. The molecule has 4 nitrogen and oxygen atoms in total. The molecule has 2 aromatic heterocycles. The second kappa shape index (κ2) is 4.75. The van der Waals surface area contributed by atoms with Crippen LogP contribution in [0.15, 0.2) is 38.5 Å². The maximum atomic E-state index is 12.0. The van der Waals surface area contributed by atoms with Crippen LogP contribution in [0.4, 0.5) is 5.69 Å². The summed E-state index contributed by atoms with van der Waals surface area (Å²) in [6, 6.07) is 4.94. The molecule has 0 aliphatic rings. The fraction of sp³-hybridized carbons (Fsp3) is 0.100. The smallest absolute Gasteiger partial charge is 0.271 e. The second-order valence-corrected chi connectivity index (χ2v) is 7.06. The fourth-order valence-electron chi connectivity index (χ4n) is 1.22. The number of anilines is 1. The van der Waals surface area contributed by atoms with Gasteiger partial charge in [-0.05, 0) is 41.1 Å². The number of nitrogens with zero attached hydrogens (tertiary/aromatic N) is 1. The van der Waals surface area contributed by atoms with Gasteiger partial charge in [0.25, 0.3) is 10.0 Å². The molecule has 0 radical (unpaired) electrons. The Morgan fingerprint density at radius 1 is 1.47 bits per heavy atom. The highest BCUT2D eigenvalue weighted by atomic mass is 79.9. The van der Waals surface area contributed by atoms with E-state index in [2.05, 4.69) is 25.6 Å². The molecule has 0 spiro atoms. The molecule has 90 valence electrons. The monoisotopic (exact) mass is 332 g/mol. The first-order valence-corrected chi connectivity index (χ1v) is 7.83. The molecule has 0 aliphatic heterocycles. The predicted octanol–water partition coefficient (Wildman–Crippen LogP) is 3.01. The summed E-state index contributed by atoms with van der Waals surface area (Å²) in [4.78, 5) is 4.03. The number of sulfonamides is 1. The zero-order valence-electron chi connectivity index (χ0n) is 8.84. The lowest BCUT2D eigenvalue weighted by Gasteiger charge is -2.07. The van der Waals surface area contributed by atoms with E-state index in [-0.39, 0.29) is 4.21 Å². The van der Waals surface area contributed by atoms with Crippen molar-refractivity contribution in [3.63, 3.8) is 0 Å². The van der Waals surface area contributed by atoms with Crippen molar-refractivity contribution in [1.82, 2.24) is 4.98 Å². The zero-order chi connectivity index (χ0) is 12.5. The van der Waals surface area contributed by atoms with E-state index in [1.165, 1.54) is 0 Å². The average Bonchev–Trinajstić information content (AvgIpc) is 2.69. The van der Waals surface area contributed by atoms with Crippen molar-refractivity contribution in [2.24, 2.45) is 0 Å². The van der Waals surface area contributed by atoms with E-state index in [0.29, 0.717) is 11.4 Å². The molecule has 0 bridgehead atoms. The molecule has 7 heteroatoms. The predicted molar refractivity (Wildman–Crippen MR) is 71.8 cm³/mol. The summed E-state index contributed by atoms with van der Waals surface area (Å²) in [6.45, 7) is 1.75. The molecule has 0 saturated carbocycles. The van der Waals surface area contributed by atoms with Gasteiger partial charge in [0, 0.05) is 16.0 Å². The topological polar surface area (TPSA) is 59.1 Å². The van der Waals surface area contributed by atoms with Gasteiger partial charge in [-0.3, -0.25) is 9.71 Å². The molecule has 0 fully saturated rings. The second-order valence-electron chi connectivity index (χ2n) is 3.33. The van der Waals surface area contributed by atoms with E-state index in [1.54, 1.807) is 36.7 Å². The van der Waals surface area contributed by atoms with Crippen LogP contribution in [0.25, 0.3) is 0 Å². The van der Waals surface area contributed by atoms with Crippen molar-refractivity contribution in [2.75, 3.05) is 4.72 Å². The van der Waals surface area contributed by atoms with Gasteiger partial charge in [-0.1, -0.05) is 0 Å². The van der Waals surface area contributed by atoms with Crippen LogP contribution in [-0.2, 0) is 10.0 Å². The number of aromatic nitrogens is 1. The average molecular weight is 333 g/mol. The van der Waals surface area contributed by atoms with E-state index in [1.807, 2.05) is 0 Å². The lowest BCUT2D eigenvalue weighted by molar-refractivity contribution is 0.603. The molecular formula is C10H9BrN2O2S2. The van der Waals surface area contributed by atoms with Crippen molar-refractivity contribution in [1.29, 1.82) is 0 Å². The van der Waals surface area contributed by atoms with Crippen LogP contribution in [0, 0.1) is 6.92 Å². The summed E-state index contributed by atoms with van der Waals surface area (Å²) in [5.74, 6) is 0. The first kappa shape index (κ1) is 12.5. The minimum Gasteiger partial charge on any atom is -0.277 e. The Bertz CT molecular complexity index is 637. The number of hydrogen-bond acceptors (Lipinski definition) is 4. The Kier molecular flexibility index (Phi) is 3.50. The number of thiophene rings is 1. The van der Waals surface area contributed by atoms with Gasteiger partial charge < -0.3 is 0 Å². The zero-order valence-corrected chi connectivity index (χ0v) is 12.1. The van der Waals surface area contributed by atoms with Crippen molar-refractivity contribution >= 4 is 43.0 Å². The minimum atomic E-state index is -3.52. The van der Waals surface area contributed by atoms with Crippen molar-refractivity contribution in [3.8, 4) is 0 Å². The van der Waals surface area contributed by atoms with Gasteiger partial charge in [-0.15, -0.1) is 11.3 Å². The molecule has 2 heterocycles. The molecular weight excluding hydrogens is 324 g/mol. The third-order valence-corrected chi connectivity index (χ3v) is 5.63. The van der Waals surface area contributed by atoms with Crippen molar-refractivity contribution in [3.05, 3.63) is 39.9 Å². The van der Waals surface area contributed by atoms with Crippen LogP contribution >= 0.6 is 27.3 Å². The van der Waals surface area contributed by atoms with Gasteiger partial charge in [0.05, 0.1) is 11.4 Å². The Morgan fingerprint density at radius 2 is 2.24 bits per heavy atom. The van der Waals surface area contributed by atoms with E-state index in [9.17, 15) is 8.42 Å². The molecule has 2 rings (SSSR count). The molecule has 2 aromatic rings. The normalized spacial score (nSPS) is 11.4. The molecule has 0 aliphatic carbocycles. The lowest BCUT2D eigenvalue weighted by Crippen LogP contribution is -2.12. The fourth-order valence-corrected chi connectivity index (χ4v) is 4.19. The third kappa shape index (κ3) is 2.85. The Morgan fingerprint density at radius 3 is 2.82 bits per heavy atom. The van der Waals surface area contributed by atoms with Crippen molar-refractivity contribution < 1.29 is 8.42 Å². The quantitative estimate of drug-likeness (QED) is 0.939. The number of aryl methyl sites for hydroxylation is 1. The van der Waals surface area contributed by atoms with Crippen molar-refractivity contribution in [2.45, 2.75) is 11.1 Å². The van der Waals surface area contributed by atoms with Crippen LogP contribution < -0.4 is 4.72 Å². The van der Waals surface area contributed by atoms with Gasteiger partial charge >= 0.3 is 0 Å². The van der Waals surface area contributed by atoms with Gasteiger partial charge in [-0.25, -0.2) is 8.42 Å². The molecule has 0 saturated heterocycles. The maximum absolute atomic E-state index is 12.0.